The second kappa shape index (κ2) is 5.68. The summed E-state index contributed by atoms with van der Waals surface area (Å²) in [6, 6.07) is 0. The van der Waals surface area contributed by atoms with Crippen molar-refractivity contribution in [3.05, 3.63) is 0 Å². The third-order valence-corrected chi connectivity index (χ3v) is 3.03. The molecule has 0 rings (SSSR count). The molecule has 0 atom stereocenters. The summed E-state index contributed by atoms with van der Waals surface area (Å²) in [6.07, 6.45) is 2.40. The molecule has 0 fully saturated rings. The van der Waals surface area contributed by atoms with E-state index < -0.39 is 10.1 Å². The number of hydrogen-bond donors (Lipinski definition) is 0. The van der Waals surface area contributed by atoms with Crippen LogP contribution in [0.1, 0.15) is 26.2 Å². The molecule has 0 aromatic carbocycles. The van der Waals surface area contributed by atoms with Gasteiger partial charge in [-0.1, -0.05) is 6.92 Å². The number of quaternary nitrogens is 1. The fourth-order valence-corrected chi connectivity index (χ4v) is 2.09. The van der Waals surface area contributed by atoms with E-state index in [1.165, 1.54) is 0 Å². The lowest BCUT2D eigenvalue weighted by atomic mass is 10.3. The van der Waals surface area contributed by atoms with Gasteiger partial charge < -0.3 is 9.04 Å². The average molecular weight is 223 g/mol. The van der Waals surface area contributed by atoms with Gasteiger partial charge in [-0.15, -0.1) is 0 Å². The predicted octanol–water partition coefficient (Wildman–Crippen LogP) is 0.798. The molecule has 0 heterocycles. The van der Waals surface area contributed by atoms with Crippen LogP contribution < -0.4 is 0 Å². The fourth-order valence-electron chi connectivity index (χ4n) is 1.54. The molecule has 0 unspecified atom stereocenters. The molecule has 0 aliphatic rings. The van der Waals surface area contributed by atoms with Crippen LogP contribution in [0.2, 0.25) is 0 Å². The molecule has 0 amide bonds. The minimum atomic E-state index is -4.01. The zero-order chi connectivity index (χ0) is 11.2. The Bertz CT molecular complexity index is 247. The van der Waals surface area contributed by atoms with E-state index in [4.69, 9.17) is 0 Å². The first-order chi connectivity index (χ1) is 6.27. The van der Waals surface area contributed by atoms with Gasteiger partial charge in [0.05, 0.1) is 37.3 Å². The zero-order valence-corrected chi connectivity index (χ0v) is 10.1. The first kappa shape index (κ1) is 13.9. The molecule has 0 saturated carbocycles. The van der Waals surface area contributed by atoms with E-state index >= 15 is 0 Å². The van der Waals surface area contributed by atoms with Gasteiger partial charge >= 0.3 is 0 Å². The Morgan fingerprint density at radius 1 is 1.14 bits per heavy atom. The molecule has 0 aliphatic carbocycles. The molecule has 0 spiro atoms. The molecule has 86 valence electrons. The van der Waals surface area contributed by atoms with E-state index in [0.717, 1.165) is 30.4 Å². The van der Waals surface area contributed by atoms with Crippen LogP contribution in [-0.2, 0) is 10.1 Å². The van der Waals surface area contributed by atoms with Gasteiger partial charge in [0.2, 0.25) is 0 Å². The lowest BCUT2D eigenvalue weighted by molar-refractivity contribution is -0.890. The molecule has 0 aliphatic heterocycles. The highest BCUT2D eigenvalue weighted by atomic mass is 32.2. The molecule has 0 radical (unpaired) electrons. The molecule has 5 heteroatoms. The monoisotopic (exact) mass is 223 g/mol. The van der Waals surface area contributed by atoms with Crippen molar-refractivity contribution in [2.24, 2.45) is 0 Å². The SMILES string of the molecule is CCC[N+](C)(C)CCCCS(=O)(=O)[O-]. The lowest BCUT2D eigenvalue weighted by Crippen LogP contribution is -2.41. The predicted molar refractivity (Wildman–Crippen MR) is 55.9 cm³/mol. The highest BCUT2D eigenvalue weighted by Gasteiger charge is 2.12. The minimum Gasteiger partial charge on any atom is -0.748 e. The molecular weight excluding hydrogens is 202 g/mol. The molecule has 0 aromatic rings. The van der Waals surface area contributed by atoms with E-state index in [1.54, 1.807) is 0 Å². The van der Waals surface area contributed by atoms with Crippen LogP contribution in [-0.4, -0.2) is 50.4 Å². The van der Waals surface area contributed by atoms with Crippen LogP contribution >= 0.6 is 0 Å². The summed E-state index contributed by atoms with van der Waals surface area (Å²) in [5.74, 6) is -0.223. The quantitative estimate of drug-likeness (QED) is 0.364. The van der Waals surface area contributed by atoms with Crippen LogP contribution in [0.3, 0.4) is 0 Å². The first-order valence-electron chi connectivity index (χ1n) is 5.02. The van der Waals surface area contributed by atoms with Gasteiger partial charge in [-0.3, -0.25) is 0 Å². The summed E-state index contributed by atoms with van der Waals surface area (Å²) < 4.78 is 31.9. The number of rotatable bonds is 7. The maximum Gasteiger partial charge on any atom is 0.0945 e. The van der Waals surface area contributed by atoms with Crippen molar-refractivity contribution in [2.45, 2.75) is 26.2 Å². The lowest BCUT2D eigenvalue weighted by Gasteiger charge is -2.29. The molecular formula is C9H21NO3S. The van der Waals surface area contributed by atoms with E-state index in [9.17, 15) is 13.0 Å². The summed E-state index contributed by atoms with van der Waals surface area (Å²) in [5, 5.41) is 0. The van der Waals surface area contributed by atoms with Gasteiger partial charge in [0.25, 0.3) is 0 Å². The second-order valence-corrected chi connectivity index (χ2v) is 5.88. The topological polar surface area (TPSA) is 57.2 Å². The molecule has 0 N–H and O–H groups in total. The molecule has 0 saturated heterocycles. The zero-order valence-electron chi connectivity index (χ0n) is 9.32. The van der Waals surface area contributed by atoms with Gasteiger partial charge in [-0.25, -0.2) is 8.42 Å². The molecule has 0 aromatic heterocycles. The molecule has 0 bridgehead atoms. The van der Waals surface area contributed by atoms with E-state index in [2.05, 4.69) is 21.0 Å². The van der Waals surface area contributed by atoms with Crippen LogP contribution in [0.25, 0.3) is 0 Å². The fraction of sp³-hybridized carbons (Fsp3) is 1.00. The van der Waals surface area contributed by atoms with Crippen molar-refractivity contribution in [3.63, 3.8) is 0 Å². The van der Waals surface area contributed by atoms with Crippen molar-refractivity contribution in [2.75, 3.05) is 32.9 Å². The Labute approximate surface area is 87.3 Å². The maximum absolute atomic E-state index is 10.3. The van der Waals surface area contributed by atoms with Gasteiger partial charge in [0, 0.05) is 5.75 Å². The smallest absolute Gasteiger partial charge is 0.0945 e. The Hall–Kier alpha value is -0.130. The summed E-state index contributed by atoms with van der Waals surface area (Å²) in [6.45, 7) is 4.15. The van der Waals surface area contributed by atoms with Crippen molar-refractivity contribution in [1.29, 1.82) is 0 Å². The Balaban J connectivity index is 3.64. The van der Waals surface area contributed by atoms with Crippen LogP contribution in [0.5, 0.6) is 0 Å². The second-order valence-electron chi connectivity index (χ2n) is 4.35. The van der Waals surface area contributed by atoms with Gasteiger partial charge in [-0.2, -0.15) is 0 Å². The van der Waals surface area contributed by atoms with E-state index in [0.29, 0.717) is 6.42 Å². The van der Waals surface area contributed by atoms with Crippen molar-refractivity contribution in [1.82, 2.24) is 0 Å². The molecule has 4 nitrogen and oxygen atoms in total. The molecule has 14 heavy (non-hydrogen) atoms. The summed E-state index contributed by atoms with van der Waals surface area (Å²) in [5.41, 5.74) is 0. The summed E-state index contributed by atoms with van der Waals surface area (Å²) in [7, 11) is 0.229. The number of hydrogen-bond acceptors (Lipinski definition) is 3. The van der Waals surface area contributed by atoms with Crippen LogP contribution in [0.4, 0.5) is 0 Å². The van der Waals surface area contributed by atoms with Gasteiger partial charge in [0.1, 0.15) is 0 Å². The van der Waals surface area contributed by atoms with Crippen molar-refractivity contribution >= 4 is 10.1 Å². The van der Waals surface area contributed by atoms with Crippen LogP contribution in [0.15, 0.2) is 0 Å². The number of unbranched alkanes of at least 4 members (excludes halogenated alkanes) is 1. The highest BCUT2D eigenvalue weighted by Crippen LogP contribution is 2.03. The van der Waals surface area contributed by atoms with Crippen molar-refractivity contribution < 1.29 is 17.5 Å². The van der Waals surface area contributed by atoms with E-state index in [-0.39, 0.29) is 5.75 Å². The van der Waals surface area contributed by atoms with Gasteiger partial charge in [0.15, 0.2) is 0 Å². The highest BCUT2D eigenvalue weighted by molar-refractivity contribution is 7.85. The minimum absolute atomic E-state index is 0.223. The maximum atomic E-state index is 10.3. The third kappa shape index (κ3) is 8.47. The van der Waals surface area contributed by atoms with Crippen molar-refractivity contribution in [3.8, 4) is 0 Å². The summed E-state index contributed by atoms with van der Waals surface area (Å²) >= 11 is 0. The third-order valence-electron chi connectivity index (χ3n) is 2.24. The Morgan fingerprint density at radius 3 is 2.14 bits per heavy atom. The van der Waals surface area contributed by atoms with E-state index in [1.807, 2.05) is 0 Å². The average Bonchev–Trinajstić information content (AvgIpc) is 1.96. The Morgan fingerprint density at radius 2 is 1.71 bits per heavy atom. The first-order valence-corrected chi connectivity index (χ1v) is 6.60. The summed E-state index contributed by atoms with van der Waals surface area (Å²) in [4.78, 5) is 0. The number of nitrogens with zero attached hydrogens (tertiary/aromatic N) is 1. The van der Waals surface area contributed by atoms with Gasteiger partial charge in [-0.05, 0) is 19.3 Å². The van der Waals surface area contributed by atoms with Crippen LogP contribution in [0, 0.1) is 0 Å². The standard InChI is InChI=1S/C9H21NO3S/c1-4-7-10(2,3)8-5-6-9-14(11,12)13/h4-9H2,1-3H3. The normalized spacial score (nSPS) is 13.1. The largest absolute Gasteiger partial charge is 0.748 e. The Kier molecular flexibility index (Phi) is 5.63.